The summed E-state index contributed by atoms with van der Waals surface area (Å²) in [5.74, 6) is 0. The van der Waals surface area contributed by atoms with Gasteiger partial charge in [0.05, 0.1) is 18.9 Å². The van der Waals surface area contributed by atoms with E-state index in [2.05, 4.69) is 10.4 Å². The molecule has 0 N–H and O–H groups in total. The van der Waals surface area contributed by atoms with Crippen LogP contribution in [0.2, 0.25) is 5.02 Å². The Kier molecular flexibility index (Phi) is 3.72. The number of benzene rings is 1. The van der Waals surface area contributed by atoms with Crippen LogP contribution >= 0.6 is 11.6 Å². The van der Waals surface area contributed by atoms with Gasteiger partial charge >= 0.3 is 11.7 Å². The lowest BCUT2D eigenvalue weighted by atomic mass is 10.3. The van der Waals surface area contributed by atoms with Crippen molar-refractivity contribution in [1.29, 1.82) is 0 Å². The van der Waals surface area contributed by atoms with Crippen molar-refractivity contribution in [2.24, 2.45) is 0 Å². The van der Waals surface area contributed by atoms with E-state index < -0.39 is 11.7 Å². The maximum absolute atomic E-state index is 12.2. The summed E-state index contributed by atoms with van der Waals surface area (Å²) in [5, 5.41) is 7.91. The maximum Gasteiger partial charge on any atom is 0.377 e. The van der Waals surface area contributed by atoms with Gasteiger partial charge in [0.1, 0.15) is 0 Å². The van der Waals surface area contributed by atoms with Crippen LogP contribution in [0.5, 0.6) is 0 Å². The zero-order chi connectivity index (χ0) is 14.8. The fourth-order valence-electron chi connectivity index (χ4n) is 2.00. The summed E-state index contributed by atoms with van der Waals surface area (Å²) in [6, 6.07) is 6.02. The topological polar surface area (TPSA) is 82.2 Å². The summed E-state index contributed by atoms with van der Waals surface area (Å²) >= 11 is 5.79. The van der Waals surface area contributed by atoms with Gasteiger partial charge in [-0.2, -0.15) is 4.68 Å². The lowest BCUT2D eigenvalue weighted by Gasteiger charge is -2.25. The molecule has 0 bridgehead atoms. The minimum Gasteiger partial charge on any atom is -0.378 e. The smallest absolute Gasteiger partial charge is 0.377 e. The van der Waals surface area contributed by atoms with E-state index in [4.69, 9.17) is 16.3 Å². The molecule has 2 heterocycles. The molecule has 0 unspecified atom stereocenters. The van der Waals surface area contributed by atoms with Crippen LogP contribution in [-0.4, -0.2) is 57.0 Å². The number of halogens is 1. The third-order valence-electron chi connectivity index (χ3n) is 3.12. The van der Waals surface area contributed by atoms with Crippen LogP contribution in [0.3, 0.4) is 0 Å². The molecular weight excluding hydrogens is 298 g/mol. The number of rotatable bonds is 1. The van der Waals surface area contributed by atoms with Crippen LogP contribution in [0.4, 0.5) is 4.79 Å². The first kappa shape index (κ1) is 13.8. The number of tetrazole rings is 1. The van der Waals surface area contributed by atoms with Crippen LogP contribution in [-0.2, 0) is 4.74 Å². The second-order valence-corrected chi connectivity index (χ2v) is 4.88. The summed E-state index contributed by atoms with van der Waals surface area (Å²) < 4.78 is 6.97. The molecular formula is C12H12ClN5O3. The molecule has 1 fully saturated rings. The van der Waals surface area contributed by atoms with Gasteiger partial charge in [-0.05, 0) is 34.7 Å². The lowest BCUT2D eigenvalue weighted by Crippen LogP contribution is -2.46. The standard InChI is InChI=1S/C12H12ClN5O3/c13-9-1-3-10(4-2-9)17-12(20)18(15-14-17)11(19)16-5-7-21-8-6-16/h1-4H,5-8H2. The van der Waals surface area contributed by atoms with E-state index in [0.717, 1.165) is 9.36 Å². The van der Waals surface area contributed by atoms with Crippen molar-refractivity contribution in [2.75, 3.05) is 26.3 Å². The van der Waals surface area contributed by atoms with Crippen molar-refractivity contribution in [3.63, 3.8) is 0 Å². The average molecular weight is 310 g/mol. The minimum atomic E-state index is -0.617. The molecule has 0 atom stereocenters. The first-order valence-corrected chi connectivity index (χ1v) is 6.72. The van der Waals surface area contributed by atoms with E-state index in [1.165, 1.54) is 4.90 Å². The SMILES string of the molecule is O=C(N1CCOCC1)n1nnn(-c2ccc(Cl)cc2)c1=O. The normalized spacial score (nSPS) is 15.2. The third-order valence-corrected chi connectivity index (χ3v) is 3.37. The highest BCUT2D eigenvalue weighted by atomic mass is 35.5. The van der Waals surface area contributed by atoms with Gasteiger partial charge in [-0.15, -0.1) is 4.68 Å². The van der Waals surface area contributed by atoms with Gasteiger partial charge in [0, 0.05) is 18.1 Å². The summed E-state index contributed by atoms with van der Waals surface area (Å²) in [5.41, 5.74) is -0.126. The Bertz CT molecular complexity index is 702. The molecule has 1 aromatic carbocycles. The highest BCUT2D eigenvalue weighted by Crippen LogP contribution is 2.10. The highest BCUT2D eigenvalue weighted by Gasteiger charge is 2.23. The Labute approximate surface area is 124 Å². The van der Waals surface area contributed by atoms with Crippen LogP contribution in [0.1, 0.15) is 0 Å². The predicted molar refractivity (Wildman–Crippen MR) is 73.8 cm³/mol. The summed E-state index contributed by atoms with van der Waals surface area (Å²) in [6.45, 7) is 1.76. The number of hydrogen-bond donors (Lipinski definition) is 0. The molecule has 2 aromatic rings. The largest absolute Gasteiger partial charge is 0.378 e. The third kappa shape index (κ3) is 2.67. The molecule has 0 spiro atoms. The maximum atomic E-state index is 12.2. The van der Waals surface area contributed by atoms with Crippen molar-refractivity contribution in [3.05, 3.63) is 39.8 Å². The average Bonchev–Trinajstić information content (AvgIpc) is 2.90. The van der Waals surface area contributed by atoms with Crippen LogP contribution < -0.4 is 5.69 Å². The molecule has 3 rings (SSSR count). The van der Waals surface area contributed by atoms with Gasteiger partial charge in [-0.1, -0.05) is 11.6 Å². The Hall–Kier alpha value is -2.19. The Balaban J connectivity index is 1.90. The molecule has 0 aliphatic carbocycles. The molecule has 1 aliphatic heterocycles. The number of hydrogen-bond acceptors (Lipinski definition) is 5. The molecule has 1 saturated heterocycles. The molecule has 1 amide bonds. The van der Waals surface area contributed by atoms with Crippen molar-refractivity contribution >= 4 is 17.6 Å². The summed E-state index contributed by atoms with van der Waals surface area (Å²) in [7, 11) is 0. The molecule has 0 radical (unpaired) electrons. The summed E-state index contributed by atoms with van der Waals surface area (Å²) in [4.78, 5) is 25.9. The molecule has 1 aliphatic rings. The van der Waals surface area contributed by atoms with E-state index in [1.807, 2.05) is 0 Å². The number of carbonyl (C=O) groups excluding carboxylic acids is 1. The van der Waals surface area contributed by atoms with Crippen molar-refractivity contribution in [1.82, 2.24) is 24.7 Å². The zero-order valence-electron chi connectivity index (χ0n) is 11.0. The zero-order valence-corrected chi connectivity index (χ0v) is 11.7. The first-order valence-electron chi connectivity index (χ1n) is 6.35. The number of nitrogens with zero attached hydrogens (tertiary/aromatic N) is 5. The van der Waals surface area contributed by atoms with Gasteiger partial charge in [0.2, 0.25) is 0 Å². The van der Waals surface area contributed by atoms with Crippen LogP contribution in [0.25, 0.3) is 5.69 Å². The Morgan fingerprint density at radius 2 is 1.81 bits per heavy atom. The van der Waals surface area contributed by atoms with E-state index in [1.54, 1.807) is 24.3 Å². The fraction of sp³-hybridized carbons (Fsp3) is 0.333. The Morgan fingerprint density at radius 1 is 1.14 bits per heavy atom. The fourth-order valence-corrected chi connectivity index (χ4v) is 2.13. The molecule has 0 saturated carbocycles. The van der Waals surface area contributed by atoms with Crippen LogP contribution in [0, 0.1) is 0 Å². The summed E-state index contributed by atoms with van der Waals surface area (Å²) in [6.07, 6.45) is 0. The predicted octanol–water partition coefficient (Wildman–Crippen LogP) is 0.383. The quantitative estimate of drug-likeness (QED) is 0.711. The van der Waals surface area contributed by atoms with E-state index in [-0.39, 0.29) is 0 Å². The monoisotopic (exact) mass is 309 g/mol. The number of morpholine rings is 1. The highest BCUT2D eigenvalue weighted by molar-refractivity contribution is 6.30. The number of amides is 1. The van der Waals surface area contributed by atoms with Crippen molar-refractivity contribution < 1.29 is 9.53 Å². The van der Waals surface area contributed by atoms with Crippen molar-refractivity contribution in [3.8, 4) is 5.69 Å². The van der Waals surface area contributed by atoms with E-state index in [0.29, 0.717) is 37.0 Å². The second kappa shape index (κ2) is 5.66. The second-order valence-electron chi connectivity index (χ2n) is 4.44. The lowest BCUT2D eigenvalue weighted by molar-refractivity contribution is 0.0525. The minimum absolute atomic E-state index is 0.430. The van der Waals surface area contributed by atoms with Gasteiger partial charge in [0.25, 0.3) is 0 Å². The molecule has 8 nitrogen and oxygen atoms in total. The molecule has 1 aromatic heterocycles. The number of carbonyl (C=O) groups is 1. The van der Waals surface area contributed by atoms with Crippen LogP contribution in [0.15, 0.2) is 29.1 Å². The van der Waals surface area contributed by atoms with Crippen molar-refractivity contribution in [2.45, 2.75) is 0 Å². The Morgan fingerprint density at radius 3 is 2.48 bits per heavy atom. The van der Waals surface area contributed by atoms with E-state index in [9.17, 15) is 9.59 Å². The van der Waals surface area contributed by atoms with E-state index >= 15 is 0 Å². The first-order chi connectivity index (χ1) is 10.2. The number of aromatic nitrogens is 4. The van der Waals surface area contributed by atoms with Gasteiger partial charge < -0.3 is 9.64 Å². The van der Waals surface area contributed by atoms with Gasteiger partial charge in [-0.25, -0.2) is 9.59 Å². The van der Waals surface area contributed by atoms with Gasteiger partial charge in [0.15, 0.2) is 0 Å². The number of ether oxygens (including phenoxy) is 1. The van der Waals surface area contributed by atoms with Gasteiger partial charge in [-0.3, -0.25) is 0 Å². The molecule has 21 heavy (non-hydrogen) atoms. The molecule has 9 heteroatoms. The molecule has 110 valence electrons.